The number of hydrogen-bond acceptors (Lipinski definition) is 8. The minimum absolute atomic E-state index is 0. The van der Waals surface area contributed by atoms with E-state index in [0.717, 1.165) is 118 Å². The fourth-order valence-electron chi connectivity index (χ4n) is 4.92. The first-order chi connectivity index (χ1) is 17.9. The van der Waals surface area contributed by atoms with Gasteiger partial charge in [-0.1, -0.05) is 24.3 Å². The van der Waals surface area contributed by atoms with Gasteiger partial charge in [-0.2, -0.15) is 0 Å². The molecule has 2 heterocycles. The molecular weight excluding hydrogens is 601 g/mol. The van der Waals surface area contributed by atoms with E-state index in [0.29, 0.717) is 0 Å². The van der Waals surface area contributed by atoms with E-state index in [1.54, 1.807) is 0 Å². The van der Waals surface area contributed by atoms with Crippen LogP contribution >= 0.6 is 0 Å². The fraction of sp³-hybridized carbons (Fsp3) is 0.786. The molecule has 0 atom stereocenters. The van der Waals surface area contributed by atoms with Crippen LogP contribution in [-0.4, -0.2) is 120 Å². The van der Waals surface area contributed by atoms with E-state index in [-0.39, 0.29) is 49.8 Å². The quantitative estimate of drug-likeness (QED) is 0.178. The Bertz CT molecular complexity index is 583. The normalized spacial score (nSPS) is 20.6. The minimum Gasteiger partial charge on any atom is -1.00 e. The second-order valence-electron chi connectivity index (χ2n) is 10.3. The Morgan fingerprint density at radius 3 is 1.07 bits per heavy atom. The molecule has 12 heteroatoms. The predicted octanol–water partition coefficient (Wildman–Crippen LogP) is -6.40. The molecule has 0 spiro atoms. The number of nitrogens with one attached hydrogen (secondary N) is 6. The summed E-state index contributed by atoms with van der Waals surface area (Å²) in [6.07, 6.45) is 4.80. The van der Waals surface area contributed by atoms with E-state index in [9.17, 15) is 0 Å². The summed E-state index contributed by atoms with van der Waals surface area (Å²) in [5.74, 6) is 0. The first-order valence-corrected chi connectivity index (χ1v) is 14.7. The molecule has 3 rings (SSSR count). The van der Waals surface area contributed by atoms with Crippen molar-refractivity contribution in [3.05, 3.63) is 35.4 Å². The monoisotopic (exact) mass is 654 g/mol. The van der Waals surface area contributed by atoms with Crippen LogP contribution < -0.4 is 56.7 Å². The summed E-state index contributed by atoms with van der Waals surface area (Å²) in [6.45, 7) is 19.6. The number of nitrogens with zero attached hydrogens (tertiary/aromatic N) is 2. The molecule has 2 aliphatic heterocycles. The molecule has 8 N–H and O–H groups in total. The van der Waals surface area contributed by atoms with Crippen LogP contribution in [0.2, 0.25) is 0 Å². The molecule has 0 aliphatic carbocycles. The molecule has 2 aliphatic rings. The van der Waals surface area contributed by atoms with Crippen LogP contribution in [0.3, 0.4) is 0 Å². The van der Waals surface area contributed by atoms with Gasteiger partial charge in [0.05, 0.1) is 0 Å². The molecule has 0 amide bonds. The Morgan fingerprint density at radius 1 is 0.425 bits per heavy atom. The maximum Gasteiger partial charge on any atom is 2.00 e. The number of halogens is 2. The van der Waals surface area contributed by atoms with E-state index < -0.39 is 0 Å². The number of hydrogen-bond donors (Lipinski definition) is 6. The van der Waals surface area contributed by atoms with Gasteiger partial charge in [0.2, 0.25) is 0 Å². The number of benzene rings is 1. The summed E-state index contributed by atoms with van der Waals surface area (Å²) in [6, 6.07) is 9.42. The molecule has 230 valence electrons. The molecule has 0 radical (unpaired) electrons. The Balaban J connectivity index is 0. The van der Waals surface area contributed by atoms with E-state index in [1.165, 1.54) is 36.8 Å². The van der Waals surface area contributed by atoms with Gasteiger partial charge in [0.1, 0.15) is 0 Å². The standard InChI is InChI=1S/C28H54N8.2ClH.H2O.Zn/c1-9-29-15-17-31-13-3-21-35(23-19-33-11-1)25-27-5-7-28(8-6-27)26-36-22-4-14-32-18-16-30-10-2-12-34-20-24-36;;;;/h5-8,29-34H,1-4,9-26H2;2*1H;1H2;/q;;;;+2/p-2. The van der Waals surface area contributed by atoms with Gasteiger partial charge in [0.25, 0.3) is 0 Å². The molecule has 0 unspecified atom stereocenters. The molecule has 1 aromatic rings. The van der Waals surface area contributed by atoms with Crippen molar-refractivity contribution in [2.45, 2.75) is 38.8 Å². The van der Waals surface area contributed by atoms with Crippen molar-refractivity contribution >= 4 is 0 Å². The van der Waals surface area contributed by atoms with Gasteiger partial charge >= 0.3 is 19.5 Å². The van der Waals surface area contributed by atoms with Gasteiger partial charge in [-0.05, 0) is 89.2 Å². The van der Waals surface area contributed by atoms with E-state index in [1.807, 2.05) is 0 Å². The van der Waals surface area contributed by atoms with Crippen molar-refractivity contribution < 1.29 is 49.8 Å². The average Bonchev–Trinajstić information content (AvgIpc) is 2.89. The van der Waals surface area contributed by atoms with Gasteiger partial charge in [-0.15, -0.1) is 0 Å². The van der Waals surface area contributed by atoms with Crippen LogP contribution in [0.5, 0.6) is 0 Å². The van der Waals surface area contributed by atoms with Crippen LogP contribution in [0.15, 0.2) is 24.3 Å². The second kappa shape index (κ2) is 29.1. The van der Waals surface area contributed by atoms with Crippen molar-refractivity contribution in [2.24, 2.45) is 0 Å². The molecule has 9 nitrogen and oxygen atoms in total. The Morgan fingerprint density at radius 2 is 0.725 bits per heavy atom. The third-order valence-electron chi connectivity index (χ3n) is 7.07. The molecule has 2 fully saturated rings. The summed E-state index contributed by atoms with van der Waals surface area (Å²) in [7, 11) is 0. The smallest absolute Gasteiger partial charge is 1.00 e. The SMILES string of the molecule is O.[Cl-].[Cl-].[Zn+2].c1cc(CN2CCCNCCNCCCNCC2)ccc1CN1CCCNCCNCCCNCC1. The maximum atomic E-state index is 3.63. The Labute approximate surface area is 269 Å². The molecule has 0 saturated carbocycles. The zero-order valence-electron chi connectivity index (χ0n) is 24.7. The van der Waals surface area contributed by atoms with Crippen LogP contribution in [0.1, 0.15) is 36.8 Å². The van der Waals surface area contributed by atoms with Crippen LogP contribution in [0.25, 0.3) is 0 Å². The van der Waals surface area contributed by atoms with Crippen molar-refractivity contribution in [3.8, 4) is 0 Å². The summed E-state index contributed by atoms with van der Waals surface area (Å²) >= 11 is 0. The van der Waals surface area contributed by atoms with Gasteiger partial charge in [0, 0.05) is 65.4 Å². The van der Waals surface area contributed by atoms with E-state index >= 15 is 0 Å². The van der Waals surface area contributed by atoms with Gasteiger partial charge in [0.15, 0.2) is 0 Å². The Kier molecular flexibility index (Phi) is 30.7. The summed E-state index contributed by atoms with van der Waals surface area (Å²) in [5.41, 5.74) is 2.86. The molecule has 1 aromatic carbocycles. The fourth-order valence-corrected chi connectivity index (χ4v) is 4.92. The molecule has 0 aromatic heterocycles. The van der Waals surface area contributed by atoms with Crippen molar-refractivity contribution in [2.75, 3.05) is 105 Å². The van der Waals surface area contributed by atoms with E-state index in [4.69, 9.17) is 0 Å². The average molecular weight is 657 g/mol. The van der Waals surface area contributed by atoms with Crippen LogP contribution in [-0.2, 0) is 32.6 Å². The van der Waals surface area contributed by atoms with Gasteiger partial charge in [-0.25, -0.2) is 0 Å². The topological polar surface area (TPSA) is 110 Å². The first kappa shape index (κ1) is 42.2. The van der Waals surface area contributed by atoms with Gasteiger partial charge in [-0.3, -0.25) is 9.80 Å². The molecular formula is C28H56Cl2N8OZn. The second-order valence-corrected chi connectivity index (χ2v) is 10.3. The summed E-state index contributed by atoms with van der Waals surface area (Å²) in [5, 5.41) is 21.4. The van der Waals surface area contributed by atoms with Crippen LogP contribution in [0, 0.1) is 0 Å². The zero-order chi connectivity index (χ0) is 24.9. The predicted molar refractivity (Wildman–Crippen MR) is 156 cm³/mol. The van der Waals surface area contributed by atoms with Crippen LogP contribution in [0.4, 0.5) is 0 Å². The van der Waals surface area contributed by atoms with Crippen molar-refractivity contribution in [1.82, 2.24) is 41.7 Å². The van der Waals surface area contributed by atoms with Crippen molar-refractivity contribution in [3.63, 3.8) is 0 Å². The summed E-state index contributed by atoms with van der Waals surface area (Å²) < 4.78 is 0. The third kappa shape index (κ3) is 20.9. The largest absolute Gasteiger partial charge is 2.00 e. The molecule has 0 bridgehead atoms. The van der Waals surface area contributed by atoms with E-state index in [2.05, 4.69) is 66.0 Å². The maximum absolute atomic E-state index is 3.63. The van der Waals surface area contributed by atoms with Gasteiger partial charge < -0.3 is 62.2 Å². The summed E-state index contributed by atoms with van der Waals surface area (Å²) in [4.78, 5) is 5.23. The third-order valence-corrected chi connectivity index (χ3v) is 7.07. The Hall–Kier alpha value is 0.0634. The van der Waals surface area contributed by atoms with Crippen molar-refractivity contribution in [1.29, 1.82) is 0 Å². The minimum atomic E-state index is 0. The number of rotatable bonds is 4. The zero-order valence-corrected chi connectivity index (χ0v) is 29.2. The first-order valence-electron chi connectivity index (χ1n) is 14.7. The molecule has 40 heavy (non-hydrogen) atoms. The molecule has 2 saturated heterocycles.